The van der Waals surface area contributed by atoms with Crippen molar-refractivity contribution in [2.45, 2.75) is 12.5 Å². The molecule has 1 heterocycles. The molecule has 184 valence electrons. The highest BCUT2D eigenvalue weighted by molar-refractivity contribution is 5.82. The Morgan fingerprint density at radius 1 is 0.605 bits per heavy atom. The van der Waals surface area contributed by atoms with Gasteiger partial charge in [0.15, 0.2) is 5.82 Å². The molecular formula is C33H25FN4. The molecule has 0 saturated carbocycles. The summed E-state index contributed by atoms with van der Waals surface area (Å²) < 4.78 is 18.0. The first-order valence-corrected chi connectivity index (χ1v) is 12.5. The minimum Gasteiger partial charge on any atom is -0.206 e. The summed E-state index contributed by atoms with van der Waals surface area (Å²) in [4.78, 5) is 0. The lowest BCUT2D eigenvalue weighted by Crippen LogP contribution is -2.39. The third-order valence-electron chi connectivity index (χ3n) is 7.01. The van der Waals surface area contributed by atoms with Crippen LogP contribution in [-0.4, -0.2) is 20.2 Å². The summed E-state index contributed by atoms with van der Waals surface area (Å²) >= 11 is 0. The second kappa shape index (κ2) is 9.87. The smallest absolute Gasteiger partial charge is 0.187 e. The Hall–Kier alpha value is -4.90. The third-order valence-corrected chi connectivity index (χ3v) is 7.01. The lowest BCUT2D eigenvalue weighted by molar-refractivity contribution is 0.450. The molecular weight excluding hydrogens is 471 g/mol. The maximum absolute atomic E-state index is 16.2. The van der Waals surface area contributed by atoms with Crippen LogP contribution in [0.25, 0.3) is 22.5 Å². The van der Waals surface area contributed by atoms with Crippen LogP contribution >= 0.6 is 0 Å². The Bertz CT molecular complexity index is 1570. The molecule has 0 radical (unpaired) electrons. The maximum Gasteiger partial charge on any atom is 0.187 e. The van der Waals surface area contributed by atoms with Gasteiger partial charge in [0.2, 0.25) is 0 Å². The van der Waals surface area contributed by atoms with Crippen molar-refractivity contribution >= 4 is 0 Å². The summed E-state index contributed by atoms with van der Waals surface area (Å²) in [6.45, 7) is 1.76. The molecule has 38 heavy (non-hydrogen) atoms. The van der Waals surface area contributed by atoms with E-state index in [4.69, 9.17) is 0 Å². The number of aromatic nitrogens is 4. The first-order valence-electron chi connectivity index (χ1n) is 12.5. The van der Waals surface area contributed by atoms with Gasteiger partial charge in [-0.3, -0.25) is 0 Å². The summed E-state index contributed by atoms with van der Waals surface area (Å²) in [5, 5.41) is 13.2. The van der Waals surface area contributed by atoms with Gasteiger partial charge in [0.25, 0.3) is 0 Å². The molecule has 0 aliphatic carbocycles. The first kappa shape index (κ1) is 23.5. The molecule has 0 saturated heterocycles. The largest absolute Gasteiger partial charge is 0.206 e. The Labute approximate surface area is 221 Å². The summed E-state index contributed by atoms with van der Waals surface area (Å²) in [7, 11) is 0. The Kier molecular flexibility index (Phi) is 6.10. The molecule has 0 atom stereocenters. The number of halogens is 1. The molecule has 6 rings (SSSR count). The van der Waals surface area contributed by atoms with Gasteiger partial charge < -0.3 is 0 Å². The van der Waals surface area contributed by atoms with Crippen molar-refractivity contribution in [1.29, 1.82) is 0 Å². The standard InChI is InChI=1S/C33H25FN4/c1-24-22-23-29(25-14-6-2-7-15-25)30(31(24)34)32-35-36-37-38(32)33(26-16-8-3-9-17-26,27-18-10-4-11-19-27)28-20-12-5-13-21-28/h2-23H,1H3. The van der Waals surface area contributed by atoms with Gasteiger partial charge >= 0.3 is 0 Å². The molecule has 0 spiro atoms. The number of hydrogen-bond acceptors (Lipinski definition) is 3. The van der Waals surface area contributed by atoms with Crippen molar-refractivity contribution in [2.24, 2.45) is 0 Å². The number of tetrazole rings is 1. The van der Waals surface area contributed by atoms with Gasteiger partial charge in [-0.15, -0.1) is 5.10 Å². The van der Waals surface area contributed by atoms with Gasteiger partial charge in [-0.1, -0.05) is 133 Å². The molecule has 5 aromatic carbocycles. The molecule has 5 heteroatoms. The van der Waals surface area contributed by atoms with Gasteiger partial charge in [0.1, 0.15) is 11.4 Å². The van der Waals surface area contributed by atoms with Crippen LogP contribution in [0.15, 0.2) is 133 Å². The predicted octanol–water partition coefficient (Wildman–Crippen LogP) is 7.29. The van der Waals surface area contributed by atoms with Gasteiger partial charge in [-0.05, 0) is 50.7 Å². The molecule has 0 fully saturated rings. The van der Waals surface area contributed by atoms with Crippen molar-refractivity contribution < 1.29 is 4.39 Å². The van der Waals surface area contributed by atoms with Crippen molar-refractivity contribution in [3.8, 4) is 22.5 Å². The first-order chi connectivity index (χ1) is 18.7. The van der Waals surface area contributed by atoms with Crippen LogP contribution in [0.3, 0.4) is 0 Å². The van der Waals surface area contributed by atoms with Gasteiger partial charge in [0, 0.05) is 0 Å². The fraction of sp³-hybridized carbons (Fsp3) is 0.0606. The number of benzene rings is 5. The summed E-state index contributed by atoms with van der Waals surface area (Å²) in [6, 6.07) is 43.9. The van der Waals surface area contributed by atoms with Crippen LogP contribution in [0.1, 0.15) is 22.3 Å². The molecule has 0 amide bonds. The monoisotopic (exact) mass is 496 g/mol. The summed E-state index contributed by atoms with van der Waals surface area (Å²) in [5.41, 5.74) is 4.42. The highest BCUT2D eigenvalue weighted by Gasteiger charge is 2.42. The minimum atomic E-state index is -0.966. The van der Waals surface area contributed by atoms with Crippen LogP contribution in [0.2, 0.25) is 0 Å². The lowest BCUT2D eigenvalue weighted by atomic mass is 9.76. The molecule has 0 unspecified atom stereocenters. The number of nitrogens with zero attached hydrogens (tertiary/aromatic N) is 4. The molecule has 0 aliphatic heterocycles. The zero-order chi connectivity index (χ0) is 26.0. The van der Waals surface area contributed by atoms with E-state index in [1.807, 2.05) is 91.0 Å². The fourth-order valence-corrected chi connectivity index (χ4v) is 5.23. The van der Waals surface area contributed by atoms with Gasteiger partial charge in [0.05, 0.1) is 5.56 Å². The molecule has 0 aliphatic rings. The zero-order valence-corrected chi connectivity index (χ0v) is 20.9. The Morgan fingerprint density at radius 3 is 1.58 bits per heavy atom. The molecule has 4 nitrogen and oxygen atoms in total. The highest BCUT2D eigenvalue weighted by atomic mass is 19.1. The molecule has 6 aromatic rings. The van der Waals surface area contributed by atoms with Crippen LogP contribution < -0.4 is 0 Å². The molecule has 1 aromatic heterocycles. The Morgan fingerprint density at radius 2 is 1.08 bits per heavy atom. The van der Waals surface area contributed by atoms with Crippen LogP contribution in [-0.2, 0) is 5.54 Å². The summed E-state index contributed by atoms with van der Waals surface area (Å²) in [5.74, 6) is 0.00657. The normalized spacial score (nSPS) is 11.4. The second-order valence-corrected chi connectivity index (χ2v) is 9.21. The average Bonchev–Trinajstić information content (AvgIpc) is 3.47. The molecule has 0 N–H and O–H groups in total. The topological polar surface area (TPSA) is 43.6 Å². The second-order valence-electron chi connectivity index (χ2n) is 9.21. The fourth-order valence-electron chi connectivity index (χ4n) is 5.23. The van der Waals surface area contributed by atoms with Crippen molar-refractivity contribution in [3.05, 3.63) is 162 Å². The van der Waals surface area contributed by atoms with Crippen LogP contribution in [0.5, 0.6) is 0 Å². The van der Waals surface area contributed by atoms with E-state index >= 15 is 4.39 Å². The van der Waals surface area contributed by atoms with E-state index in [2.05, 4.69) is 51.9 Å². The predicted molar refractivity (Wildman–Crippen MR) is 148 cm³/mol. The number of rotatable bonds is 6. The Balaban J connectivity index is 1.74. The van der Waals surface area contributed by atoms with Crippen LogP contribution in [0, 0.1) is 12.7 Å². The van der Waals surface area contributed by atoms with E-state index in [1.165, 1.54) is 0 Å². The molecule has 0 bridgehead atoms. The van der Waals surface area contributed by atoms with Gasteiger partial charge in [-0.2, -0.15) is 0 Å². The SMILES string of the molecule is Cc1ccc(-c2ccccc2)c(-c2nnnn2C(c2ccccc2)(c2ccccc2)c2ccccc2)c1F. The average molecular weight is 497 g/mol. The summed E-state index contributed by atoms with van der Waals surface area (Å²) in [6.07, 6.45) is 0. The van der Waals surface area contributed by atoms with E-state index in [-0.39, 0.29) is 5.82 Å². The van der Waals surface area contributed by atoms with Crippen molar-refractivity contribution in [1.82, 2.24) is 20.2 Å². The zero-order valence-electron chi connectivity index (χ0n) is 20.9. The van der Waals surface area contributed by atoms with E-state index < -0.39 is 5.54 Å². The van der Waals surface area contributed by atoms with Crippen LogP contribution in [0.4, 0.5) is 4.39 Å². The van der Waals surface area contributed by atoms with E-state index in [0.29, 0.717) is 17.0 Å². The van der Waals surface area contributed by atoms with E-state index in [9.17, 15) is 0 Å². The maximum atomic E-state index is 16.2. The quantitative estimate of drug-likeness (QED) is 0.227. The van der Waals surface area contributed by atoms with E-state index in [0.717, 1.165) is 27.8 Å². The van der Waals surface area contributed by atoms with E-state index in [1.54, 1.807) is 17.7 Å². The number of aryl methyl sites for hydroxylation is 1. The van der Waals surface area contributed by atoms with Gasteiger partial charge in [-0.25, -0.2) is 9.07 Å². The lowest BCUT2D eigenvalue weighted by Gasteiger charge is -2.36. The number of hydrogen-bond donors (Lipinski definition) is 0. The van der Waals surface area contributed by atoms with Crippen molar-refractivity contribution in [2.75, 3.05) is 0 Å². The van der Waals surface area contributed by atoms with Crippen molar-refractivity contribution in [3.63, 3.8) is 0 Å². The third kappa shape index (κ3) is 3.80. The highest BCUT2D eigenvalue weighted by Crippen LogP contribution is 2.44. The minimum absolute atomic E-state index is 0.342.